The molecule has 2 aromatic heterocycles. The maximum atomic E-state index is 13.4. The van der Waals surface area contributed by atoms with Crippen molar-refractivity contribution in [2.24, 2.45) is 0 Å². The summed E-state index contributed by atoms with van der Waals surface area (Å²) < 4.78 is 11.2. The Labute approximate surface area is 168 Å². The Morgan fingerprint density at radius 3 is 2.86 bits per heavy atom. The molecule has 7 nitrogen and oxygen atoms in total. The standard InChI is InChI=1S/C22H22N4O3/c1-13-2-3-15(9-24-13)20-12-28-7-6-26(20)22(27)14-4-5-19-16(8-14)17-10-29-11-18(17)21(23)25-19/h2-5,8-9,20H,6-7,10-12H2,1H3,(H2,23,25)/t20-/m1/s1. The summed E-state index contributed by atoms with van der Waals surface area (Å²) in [5.41, 5.74) is 11.4. The number of carbonyl (C=O) groups excluding carboxylic acids is 1. The van der Waals surface area contributed by atoms with Crippen LogP contribution < -0.4 is 5.73 Å². The zero-order chi connectivity index (χ0) is 20.0. The number of nitrogens with zero attached hydrogens (tertiary/aromatic N) is 3. The SMILES string of the molecule is Cc1ccc([C@H]2COCCN2C(=O)c2ccc3nc(N)c4c(c3c2)COC4)cn1. The molecule has 1 atom stereocenters. The smallest absolute Gasteiger partial charge is 0.254 e. The molecule has 0 spiro atoms. The zero-order valence-corrected chi connectivity index (χ0v) is 16.2. The summed E-state index contributed by atoms with van der Waals surface area (Å²) >= 11 is 0. The van der Waals surface area contributed by atoms with Crippen LogP contribution in [0.15, 0.2) is 36.5 Å². The molecular formula is C22H22N4O3. The molecular weight excluding hydrogens is 368 g/mol. The van der Waals surface area contributed by atoms with Gasteiger partial charge in [-0.15, -0.1) is 0 Å². The van der Waals surface area contributed by atoms with E-state index in [0.29, 0.717) is 44.4 Å². The van der Waals surface area contributed by atoms with E-state index < -0.39 is 0 Å². The number of ether oxygens (including phenoxy) is 2. The highest BCUT2D eigenvalue weighted by Crippen LogP contribution is 2.32. The molecule has 3 aromatic rings. The molecule has 148 valence electrons. The van der Waals surface area contributed by atoms with E-state index in [-0.39, 0.29) is 11.9 Å². The van der Waals surface area contributed by atoms with Crippen molar-refractivity contribution in [1.29, 1.82) is 0 Å². The lowest BCUT2D eigenvalue weighted by molar-refractivity contribution is -0.00278. The number of nitrogen functional groups attached to an aromatic ring is 1. The quantitative estimate of drug-likeness (QED) is 0.724. The van der Waals surface area contributed by atoms with Gasteiger partial charge in [0.25, 0.3) is 5.91 Å². The Morgan fingerprint density at radius 2 is 2.03 bits per heavy atom. The van der Waals surface area contributed by atoms with Crippen LogP contribution in [0.2, 0.25) is 0 Å². The summed E-state index contributed by atoms with van der Waals surface area (Å²) in [6, 6.07) is 9.41. The first-order valence-corrected chi connectivity index (χ1v) is 9.72. The number of aryl methyl sites for hydroxylation is 1. The second-order valence-corrected chi connectivity index (χ2v) is 7.50. The van der Waals surface area contributed by atoms with Gasteiger partial charge in [-0.2, -0.15) is 0 Å². The third-order valence-electron chi connectivity index (χ3n) is 5.68. The minimum absolute atomic E-state index is 0.0229. The van der Waals surface area contributed by atoms with Gasteiger partial charge in [-0.1, -0.05) is 6.07 Å². The summed E-state index contributed by atoms with van der Waals surface area (Å²) in [6.45, 7) is 4.43. The maximum absolute atomic E-state index is 13.4. The normalized spacial score (nSPS) is 18.8. The van der Waals surface area contributed by atoms with Crippen LogP contribution in [0, 0.1) is 6.92 Å². The van der Waals surface area contributed by atoms with E-state index in [9.17, 15) is 4.79 Å². The highest BCUT2D eigenvalue weighted by molar-refractivity contribution is 5.99. The van der Waals surface area contributed by atoms with Gasteiger partial charge >= 0.3 is 0 Å². The first kappa shape index (κ1) is 18.0. The summed E-state index contributed by atoms with van der Waals surface area (Å²) in [5, 5.41) is 0.930. The second kappa shape index (κ2) is 7.09. The molecule has 1 aromatic carbocycles. The van der Waals surface area contributed by atoms with Crippen molar-refractivity contribution < 1.29 is 14.3 Å². The van der Waals surface area contributed by atoms with Crippen molar-refractivity contribution in [2.75, 3.05) is 25.5 Å². The number of benzene rings is 1. The lowest BCUT2D eigenvalue weighted by Gasteiger charge is -2.36. The van der Waals surface area contributed by atoms with Crippen LogP contribution in [0.1, 0.15) is 38.8 Å². The zero-order valence-electron chi connectivity index (χ0n) is 16.2. The van der Waals surface area contributed by atoms with E-state index >= 15 is 0 Å². The fraction of sp³-hybridized carbons (Fsp3) is 0.318. The van der Waals surface area contributed by atoms with Crippen molar-refractivity contribution in [3.05, 3.63) is 64.5 Å². The monoisotopic (exact) mass is 390 g/mol. The van der Waals surface area contributed by atoms with Crippen molar-refractivity contribution in [3.63, 3.8) is 0 Å². The van der Waals surface area contributed by atoms with Gasteiger partial charge in [-0.3, -0.25) is 9.78 Å². The number of anilines is 1. The Bertz CT molecular complexity index is 1100. The number of rotatable bonds is 2. The van der Waals surface area contributed by atoms with Crippen molar-refractivity contribution in [1.82, 2.24) is 14.9 Å². The van der Waals surface area contributed by atoms with Gasteiger partial charge in [0.2, 0.25) is 0 Å². The minimum atomic E-state index is -0.154. The van der Waals surface area contributed by atoms with E-state index in [2.05, 4.69) is 9.97 Å². The van der Waals surface area contributed by atoms with Gasteiger partial charge in [0.15, 0.2) is 0 Å². The van der Waals surface area contributed by atoms with Crippen molar-refractivity contribution in [3.8, 4) is 0 Å². The predicted molar refractivity (Wildman–Crippen MR) is 108 cm³/mol. The topological polar surface area (TPSA) is 90.6 Å². The number of hydrogen-bond acceptors (Lipinski definition) is 6. The Hall–Kier alpha value is -3.03. The van der Waals surface area contributed by atoms with Crippen LogP contribution in [0.4, 0.5) is 5.82 Å². The van der Waals surface area contributed by atoms with E-state index in [4.69, 9.17) is 15.2 Å². The third kappa shape index (κ3) is 3.12. The average Bonchev–Trinajstić information content (AvgIpc) is 3.25. The van der Waals surface area contributed by atoms with Crippen molar-refractivity contribution in [2.45, 2.75) is 26.2 Å². The van der Waals surface area contributed by atoms with Gasteiger partial charge in [0.1, 0.15) is 5.82 Å². The fourth-order valence-corrected chi connectivity index (χ4v) is 4.07. The molecule has 1 saturated heterocycles. The number of aromatic nitrogens is 2. The Kier molecular flexibility index (Phi) is 4.41. The minimum Gasteiger partial charge on any atom is -0.383 e. The molecule has 2 aliphatic heterocycles. The fourth-order valence-electron chi connectivity index (χ4n) is 4.07. The van der Waals surface area contributed by atoms with Gasteiger partial charge in [0.05, 0.1) is 38.0 Å². The number of amides is 1. The molecule has 0 radical (unpaired) electrons. The average molecular weight is 390 g/mol. The molecule has 2 N–H and O–H groups in total. The highest BCUT2D eigenvalue weighted by atomic mass is 16.5. The number of morpholine rings is 1. The largest absolute Gasteiger partial charge is 0.383 e. The van der Waals surface area contributed by atoms with Crippen LogP contribution in [0.3, 0.4) is 0 Å². The first-order valence-electron chi connectivity index (χ1n) is 9.72. The third-order valence-corrected chi connectivity index (χ3v) is 5.68. The Balaban J connectivity index is 1.52. The molecule has 2 aliphatic rings. The molecule has 1 fully saturated rings. The number of hydrogen-bond donors (Lipinski definition) is 1. The maximum Gasteiger partial charge on any atom is 0.254 e. The number of carbonyl (C=O) groups is 1. The molecule has 0 bridgehead atoms. The highest BCUT2D eigenvalue weighted by Gasteiger charge is 2.30. The first-order chi connectivity index (χ1) is 14.1. The molecule has 7 heteroatoms. The lowest BCUT2D eigenvalue weighted by atomic mass is 10.0. The molecule has 1 amide bonds. The van der Waals surface area contributed by atoms with Crippen LogP contribution in [-0.4, -0.2) is 40.5 Å². The molecule has 0 saturated carbocycles. The van der Waals surface area contributed by atoms with Crippen LogP contribution in [0.5, 0.6) is 0 Å². The summed E-state index contributed by atoms with van der Waals surface area (Å²) in [4.78, 5) is 24.2. The van der Waals surface area contributed by atoms with Gasteiger partial charge in [-0.25, -0.2) is 4.98 Å². The van der Waals surface area contributed by atoms with Gasteiger partial charge in [-0.05, 0) is 42.3 Å². The number of fused-ring (bicyclic) bond motifs is 3. The predicted octanol–water partition coefficient (Wildman–Crippen LogP) is 2.76. The second-order valence-electron chi connectivity index (χ2n) is 7.50. The summed E-state index contributed by atoms with van der Waals surface area (Å²) in [6.07, 6.45) is 1.83. The van der Waals surface area contributed by atoms with Crippen molar-refractivity contribution >= 4 is 22.6 Å². The molecule has 5 rings (SSSR count). The number of pyridine rings is 2. The Morgan fingerprint density at radius 1 is 1.17 bits per heavy atom. The van der Waals surface area contributed by atoms with Crippen LogP contribution >= 0.6 is 0 Å². The van der Waals surface area contributed by atoms with E-state index in [1.807, 2.05) is 48.4 Å². The lowest BCUT2D eigenvalue weighted by Crippen LogP contribution is -2.43. The van der Waals surface area contributed by atoms with E-state index in [1.165, 1.54) is 0 Å². The summed E-state index contributed by atoms with van der Waals surface area (Å²) in [7, 11) is 0. The molecule has 0 aliphatic carbocycles. The van der Waals surface area contributed by atoms with Crippen LogP contribution in [0.25, 0.3) is 10.9 Å². The van der Waals surface area contributed by atoms with Gasteiger partial charge < -0.3 is 20.1 Å². The molecule has 4 heterocycles. The van der Waals surface area contributed by atoms with E-state index in [0.717, 1.165) is 33.3 Å². The summed E-state index contributed by atoms with van der Waals surface area (Å²) in [5.74, 6) is 0.481. The number of nitrogens with two attached hydrogens (primary N) is 1. The van der Waals surface area contributed by atoms with Crippen LogP contribution in [-0.2, 0) is 22.7 Å². The van der Waals surface area contributed by atoms with Gasteiger partial charge in [0, 0.05) is 34.9 Å². The molecule has 29 heavy (non-hydrogen) atoms. The molecule has 0 unspecified atom stereocenters. The van der Waals surface area contributed by atoms with E-state index in [1.54, 1.807) is 0 Å².